The van der Waals surface area contributed by atoms with Gasteiger partial charge < -0.3 is 9.84 Å². The molecule has 0 spiro atoms. The number of fused-ring (bicyclic) bond motifs is 1. The van der Waals surface area contributed by atoms with Crippen molar-refractivity contribution in [1.29, 1.82) is 0 Å². The minimum Gasteiger partial charge on any atom is -0.480 e. The van der Waals surface area contributed by atoms with Crippen LogP contribution in [0.15, 0.2) is 18.2 Å². The van der Waals surface area contributed by atoms with Crippen LogP contribution in [-0.2, 0) is 16.1 Å². The van der Waals surface area contributed by atoms with E-state index in [0.717, 1.165) is 0 Å². The van der Waals surface area contributed by atoms with Crippen molar-refractivity contribution in [1.82, 2.24) is 5.32 Å². The second kappa shape index (κ2) is 4.66. The first kappa shape index (κ1) is 13.5. The molecule has 5 heteroatoms. The van der Waals surface area contributed by atoms with Crippen LogP contribution in [0.5, 0.6) is 0 Å². The molecule has 1 aliphatic rings. The summed E-state index contributed by atoms with van der Waals surface area (Å²) in [5, 5.41) is 13.1. The molecule has 5 nitrogen and oxygen atoms in total. The summed E-state index contributed by atoms with van der Waals surface area (Å²) in [7, 11) is 0. The van der Waals surface area contributed by atoms with E-state index in [4.69, 9.17) is 9.84 Å². The van der Waals surface area contributed by atoms with Crippen LogP contribution in [-0.4, -0.2) is 22.6 Å². The Morgan fingerprint density at radius 2 is 2.05 bits per heavy atom. The number of nitrogens with zero attached hydrogens (tertiary/aromatic N) is 1. The zero-order chi connectivity index (χ0) is 14.2. The summed E-state index contributed by atoms with van der Waals surface area (Å²) in [6.07, 6.45) is 0. The summed E-state index contributed by atoms with van der Waals surface area (Å²) in [5.41, 5.74) is 1.06. The van der Waals surface area contributed by atoms with Crippen LogP contribution in [0.1, 0.15) is 48.3 Å². The zero-order valence-electron chi connectivity index (χ0n) is 11.1. The number of carboxylic acid groups (broad SMARTS) is 1. The molecule has 1 heterocycles. The SMILES string of the molecule is CC(C)(C)OC(=O)c1cccc2c1C[N][C@H]2C(=O)O. The van der Waals surface area contributed by atoms with Gasteiger partial charge in [0.1, 0.15) is 11.6 Å². The number of carbonyl (C=O) groups excluding carboxylic acids is 1. The standard InChI is InChI=1S/C14H16NO4/c1-14(2,3)19-13(18)9-6-4-5-8-10(9)7-15-11(8)12(16)17/h4-6,11H,7H2,1-3H3,(H,16,17)/t11-/m1/s1. The van der Waals surface area contributed by atoms with Crippen LogP contribution in [0.4, 0.5) is 0 Å². The molecule has 1 atom stereocenters. The van der Waals surface area contributed by atoms with Crippen LogP contribution in [0.2, 0.25) is 0 Å². The van der Waals surface area contributed by atoms with Crippen molar-refractivity contribution in [2.45, 2.75) is 39.0 Å². The number of carbonyl (C=O) groups is 2. The molecule has 0 saturated carbocycles. The second-order valence-corrected chi connectivity index (χ2v) is 5.46. The summed E-state index contributed by atoms with van der Waals surface area (Å²) >= 11 is 0. The minimum atomic E-state index is -1.000. The molecule has 1 aromatic carbocycles. The number of hydrogen-bond acceptors (Lipinski definition) is 3. The third kappa shape index (κ3) is 2.76. The van der Waals surface area contributed by atoms with Crippen molar-refractivity contribution < 1.29 is 19.4 Å². The average molecular weight is 262 g/mol. The summed E-state index contributed by atoms with van der Waals surface area (Å²) in [4.78, 5) is 23.1. The molecular formula is C14H16NO4. The highest BCUT2D eigenvalue weighted by Crippen LogP contribution is 2.30. The predicted octanol–water partition coefficient (Wildman–Crippen LogP) is 1.89. The van der Waals surface area contributed by atoms with E-state index in [1.807, 2.05) is 0 Å². The molecular weight excluding hydrogens is 246 g/mol. The van der Waals surface area contributed by atoms with Crippen LogP contribution in [0.25, 0.3) is 0 Å². The lowest BCUT2D eigenvalue weighted by Crippen LogP contribution is -2.24. The first-order valence-corrected chi connectivity index (χ1v) is 6.04. The van der Waals surface area contributed by atoms with Gasteiger partial charge in [-0.15, -0.1) is 0 Å². The quantitative estimate of drug-likeness (QED) is 0.825. The highest BCUT2D eigenvalue weighted by atomic mass is 16.6. The second-order valence-electron chi connectivity index (χ2n) is 5.46. The number of aliphatic carboxylic acids is 1. The molecule has 19 heavy (non-hydrogen) atoms. The smallest absolute Gasteiger partial charge is 0.338 e. The lowest BCUT2D eigenvalue weighted by atomic mass is 9.99. The largest absolute Gasteiger partial charge is 0.480 e. The lowest BCUT2D eigenvalue weighted by Gasteiger charge is -2.20. The van der Waals surface area contributed by atoms with E-state index in [9.17, 15) is 9.59 Å². The van der Waals surface area contributed by atoms with Crippen molar-refractivity contribution in [2.75, 3.05) is 0 Å². The van der Waals surface area contributed by atoms with E-state index in [0.29, 0.717) is 16.7 Å². The van der Waals surface area contributed by atoms with Gasteiger partial charge in [0.05, 0.1) is 5.56 Å². The molecule has 0 aliphatic carbocycles. The number of benzene rings is 1. The Balaban J connectivity index is 2.35. The molecule has 1 aliphatic heterocycles. The van der Waals surface area contributed by atoms with E-state index in [1.165, 1.54) is 0 Å². The molecule has 0 aromatic heterocycles. The van der Waals surface area contributed by atoms with E-state index in [-0.39, 0.29) is 6.54 Å². The number of hydrogen-bond donors (Lipinski definition) is 1. The van der Waals surface area contributed by atoms with Gasteiger partial charge in [-0.2, -0.15) is 0 Å². The fourth-order valence-corrected chi connectivity index (χ4v) is 2.05. The molecule has 0 unspecified atom stereocenters. The van der Waals surface area contributed by atoms with Gasteiger partial charge in [-0.05, 0) is 38.0 Å². The topological polar surface area (TPSA) is 77.7 Å². The Morgan fingerprint density at radius 1 is 1.37 bits per heavy atom. The molecule has 0 fully saturated rings. The summed E-state index contributed by atoms with van der Waals surface area (Å²) in [6, 6.07) is 4.12. The lowest BCUT2D eigenvalue weighted by molar-refractivity contribution is -0.139. The van der Waals surface area contributed by atoms with Crippen LogP contribution in [0, 0.1) is 0 Å². The number of rotatable bonds is 2. The molecule has 0 amide bonds. The fourth-order valence-electron chi connectivity index (χ4n) is 2.05. The third-order valence-electron chi connectivity index (χ3n) is 2.79. The maximum Gasteiger partial charge on any atom is 0.338 e. The van der Waals surface area contributed by atoms with Gasteiger partial charge in [0.15, 0.2) is 0 Å². The van der Waals surface area contributed by atoms with Gasteiger partial charge in [-0.1, -0.05) is 12.1 Å². The van der Waals surface area contributed by atoms with Crippen molar-refractivity contribution in [3.63, 3.8) is 0 Å². The van der Waals surface area contributed by atoms with E-state index in [2.05, 4.69) is 5.32 Å². The molecule has 0 bridgehead atoms. The fraction of sp³-hybridized carbons (Fsp3) is 0.429. The number of ether oxygens (including phenoxy) is 1. The molecule has 1 N–H and O–H groups in total. The van der Waals surface area contributed by atoms with Gasteiger partial charge in [-0.3, -0.25) is 4.79 Å². The number of carboxylic acids is 1. The number of esters is 1. The average Bonchev–Trinajstić information content (AvgIpc) is 2.69. The molecule has 0 saturated heterocycles. The van der Waals surface area contributed by atoms with Gasteiger partial charge in [0, 0.05) is 6.54 Å². The maximum absolute atomic E-state index is 12.1. The van der Waals surface area contributed by atoms with Gasteiger partial charge in [0.25, 0.3) is 0 Å². The Hall–Kier alpha value is -1.88. The Kier molecular flexibility index (Phi) is 3.32. The Bertz CT molecular complexity index is 531. The van der Waals surface area contributed by atoms with Crippen molar-refractivity contribution in [3.8, 4) is 0 Å². The Labute approximate surface area is 111 Å². The highest BCUT2D eigenvalue weighted by molar-refractivity contribution is 5.93. The zero-order valence-corrected chi connectivity index (χ0v) is 11.1. The summed E-state index contributed by atoms with van der Waals surface area (Å²) in [5.74, 6) is -1.44. The monoisotopic (exact) mass is 262 g/mol. The minimum absolute atomic E-state index is 0.238. The third-order valence-corrected chi connectivity index (χ3v) is 2.79. The molecule has 101 valence electrons. The Morgan fingerprint density at radius 3 is 2.63 bits per heavy atom. The maximum atomic E-state index is 12.1. The van der Waals surface area contributed by atoms with E-state index < -0.39 is 23.6 Å². The van der Waals surface area contributed by atoms with Gasteiger partial charge in [-0.25, -0.2) is 10.1 Å². The first-order chi connectivity index (χ1) is 8.79. The molecule has 1 aromatic rings. The van der Waals surface area contributed by atoms with E-state index in [1.54, 1.807) is 39.0 Å². The summed E-state index contributed by atoms with van der Waals surface area (Å²) in [6.45, 7) is 5.61. The molecule has 2 rings (SSSR count). The van der Waals surface area contributed by atoms with Crippen molar-refractivity contribution in [2.24, 2.45) is 0 Å². The predicted molar refractivity (Wildman–Crippen MR) is 67.8 cm³/mol. The van der Waals surface area contributed by atoms with Gasteiger partial charge in [0.2, 0.25) is 0 Å². The van der Waals surface area contributed by atoms with E-state index >= 15 is 0 Å². The van der Waals surface area contributed by atoms with Crippen LogP contribution in [0.3, 0.4) is 0 Å². The van der Waals surface area contributed by atoms with Crippen LogP contribution < -0.4 is 5.32 Å². The van der Waals surface area contributed by atoms with Crippen molar-refractivity contribution in [3.05, 3.63) is 34.9 Å². The highest BCUT2D eigenvalue weighted by Gasteiger charge is 2.33. The summed E-state index contributed by atoms with van der Waals surface area (Å²) < 4.78 is 5.32. The van der Waals surface area contributed by atoms with Crippen molar-refractivity contribution >= 4 is 11.9 Å². The van der Waals surface area contributed by atoms with Crippen LogP contribution >= 0.6 is 0 Å². The molecule has 1 radical (unpaired) electrons. The first-order valence-electron chi connectivity index (χ1n) is 6.04. The normalized spacial score (nSPS) is 17.9. The van der Waals surface area contributed by atoms with Gasteiger partial charge >= 0.3 is 11.9 Å².